The molecule has 0 saturated carbocycles. The first-order chi connectivity index (χ1) is 9.13. The molecule has 0 bridgehead atoms. The van der Waals surface area contributed by atoms with Crippen LogP contribution in [0.4, 0.5) is 5.69 Å². The van der Waals surface area contributed by atoms with Gasteiger partial charge in [0.2, 0.25) is 5.91 Å². The molecule has 19 heavy (non-hydrogen) atoms. The van der Waals surface area contributed by atoms with E-state index in [1.54, 1.807) is 24.3 Å². The van der Waals surface area contributed by atoms with Crippen molar-refractivity contribution in [2.45, 2.75) is 5.16 Å². The van der Waals surface area contributed by atoms with Crippen molar-refractivity contribution in [1.29, 1.82) is 0 Å². The molecule has 1 aromatic heterocycles. The number of hydrogen-bond acceptors (Lipinski definition) is 5. The number of nitrogens with zero attached hydrogens (tertiary/aromatic N) is 2. The lowest BCUT2D eigenvalue weighted by molar-refractivity contribution is -0.113. The number of carbonyl (C=O) groups is 1. The van der Waals surface area contributed by atoms with Crippen molar-refractivity contribution >= 4 is 35.0 Å². The van der Waals surface area contributed by atoms with E-state index >= 15 is 0 Å². The van der Waals surface area contributed by atoms with Crippen molar-refractivity contribution in [2.75, 3.05) is 11.1 Å². The van der Waals surface area contributed by atoms with Gasteiger partial charge in [-0.3, -0.25) is 14.6 Å². The van der Waals surface area contributed by atoms with Crippen molar-refractivity contribution in [3.8, 4) is 0 Å². The molecule has 2 N–H and O–H groups in total. The summed E-state index contributed by atoms with van der Waals surface area (Å²) in [6.45, 7) is 0. The number of aromatic amines is 1. The molecular weight excluding hydrogens is 288 g/mol. The summed E-state index contributed by atoms with van der Waals surface area (Å²) in [5.41, 5.74) is 0.304. The topological polar surface area (TPSA) is 87.7 Å². The second kappa shape index (κ2) is 6.35. The Morgan fingerprint density at radius 2 is 2.11 bits per heavy atom. The van der Waals surface area contributed by atoms with E-state index in [1.807, 2.05) is 0 Å². The Kier molecular flexibility index (Phi) is 4.53. The molecular formula is C11H9ClN4O2S. The maximum absolute atomic E-state index is 11.7. The van der Waals surface area contributed by atoms with Crippen molar-refractivity contribution in [2.24, 2.45) is 0 Å². The Balaban J connectivity index is 1.88. The highest BCUT2D eigenvalue weighted by Gasteiger charge is 2.05. The standard InChI is InChI=1S/C11H9ClN4O2S/c12-7-1-3-8(4-2-7)14-10(18)6-19-11-15-9(17)5-13-16-11/h1-5H,6H2,(H,14,18)(H,15,16,17). The highest BCUT2D eigenvalue weighted by atomic mass is 35.5. The van der Waals surface area contributed by atoms with Crippen LogP contribution < -0.4 is 10.9 Å². The number of carbonyl (C=O) groups excluding carboxylic acids is 1. The van der Waals surface area contributed by atoms with Crippen LogP contribution >= 0.6 is 23.4 Å². The van der Waals surface area contributed by atoms with E-state index in [4.69, 9.17) is 11.6 Å². The smallest absolute Gasteiger partial charge is 0.270 e. The lowest BCUT2D eigenvalue weighted by Gasteiger charge is -2.04. The molecule has 0 fully saturated rings. The normalized spacial score (nSPS) is 10.2. The number of amides is 1. The zero-order valence-electron chi connectivity index (χ0n) is 9.59. The van der Waals surface area contributed by atoms with Crippen LogP contribution in [0.1, 0.15) is 0 Å². The zero-order valence-corrected chi connectivity index (χ0v) is 11.2. The molecule has 2 rings (SSSR count). The van der Waals surface area contributed by atoms with Crippen LogP contribution in [-0.2, 0) is 4.79 Å². The van der Waals surface area contributed by atoms with Crippen molar-refractivity contribution in [3.05, 3.63) is 45.8 Å². The third kappa shape index (κ3) is 4.38. The third-order valence-electron chi connectivity index (χ3n) is 2.02. The predicted octanol–water partition coefficient (Wildman–Crippen LogP) is 1.55. The molecule has 1 heterocycles. The van der Waals surface area contributed by atoms with Gasteiger partial charge in [0.15, 0.2) is 5.16 Å². The molecule has 0 aliphatic rings. The number of rotatable bonds is 4. The summed E-state index contributed by atoms with van der Waals surface area (Å²) >= 11 is 6.84. The number of halogens is 1. The predicted molar refractivity (Wildman–Crippen MR) is 73.5 cm³/mol. The number of nitrogens with one attached hydrogen (secondary N) is 2. The second-order valence-corrected chi connectivity index (χ2v) is 4.88. The van der Waals surface area contributed by atoms with Crippen LogP contribution in [-0.4, -0.2) is 26.8 Å². The monoisotopic (exact) mass is 296 g/mol. The number of hydrogen-bond donors (Lipinski definition) is 2. The van der Waals surface area contributed by atoms with Gasteiger partial charge in [-0.25, -0.2) is 0 Å². The molecule has 1 amide bonds. The Morgan fingerprint density at radius 3 is 2.79 bits per heavy atom. The SMILES string of the molecule is O=C(CSc1nncc(=O)[nH]1)Nc1ccc(Cl)cc1. The average Bonchev–Trinajstić information content (AvgIpc) is 2.39. The molecule has 98 valence electrons. The summed E-state index contributed by atoms with van der Waals surface area (Å²) in [5, 5.41) is 10.8. The van der Waals surface area contributed by atoms with Gasteiger partial charge in [0.05, 0.1) is 5.75 Å². The highest BCUT2D eigenvalue weighted by Crippen LogP contribution is 2.14. The van der Waals surface area contributed by atoms with Gasteiger partial charge < -0.3 is 5.32 Å². The fourth-order valence-electron chi connectivity index (χ4n) is 1.23. The van der Waals surface area contributed by atoms with Gasteiger partial charge >= 0.3 is 0 Å². The zero-order chi connectivity index (χ0) is 13.7. The van der Waals surface area contributed by atoms with Crippen molar-refractivity contribution in [3.63, 3.8) is 0 Å². The number of aromatic nitrogens is 3. The third-order valence-corrected chi connectivity index (χ3v) is 3.14. The Morgan fingerprint density at radius 1 is 1.37 bits per heavy atom. The van der Waals surface area contributed by atoms with Gasteiger partial charge in [-0.1, -0.05) is 23.4 Å². The van der Waals surface area contributed by atoms with Gasteiger partial charge in [-0.15, -0.1) is 5.10 Å². The summed E-state index contributed by atoms with van der Waals surface area (Å²) in [5.74, 6) is -0.0871. The summed E-state index contributed by atoms with van der Waals surface area (Å²) in [7, 11) is 0. The summed E-state index contributed by atoms with van der Waals surface area (Å²) in [6.07, 6.45) is 1.07. The fraction of sp³-hybridized carbons (Fsp3) is 0.0909. The Labute approximate surface area is 117 Å². The Bertz CT molecular complexity index is 629. The van der Waals surface area contributed by atoms with Crippen LogP contribution in [0, 0.1) is 0 Å². The molecule has 0 aliphatic heterocycles. The molecule has 0 saturated heterocycles. The van der Waals surface area contributed by atoms with Gasteiger partial charge in [-0.2, -0.15) is 5.10 Å². The van der Waals surface area contributed by atoms with E-state index in [1.165, 1.54) is 0 Å². The van der Waals surface area contributed by atoms with Crippen LogP contribution in [0.25, 0.3) is 0 Å². The highest BCUT2D eigenvalue weighted by molar-refractivity contribution is 7.99. The van der Waals surface area contributed by atoms with Crippen molar-refractivity contribution in [1.82, 2.24) is 15.2 Å². The minimum Gasteiger partial charge on any atom is -0.325 e. The van der Waals surface area contributed by atoms with E-state index in [-0.39, 0.29) is 17.2 Å². The molecule has 0 radical (unpaired) electrons. The molecule has 0 spiro atoms. The molecule has 0 unspecified atom stereocenters. The van der Waals surface area contributed by atoms with Crippen LogP contribution in [0.3, 0.4) is 0 Å². The second-order valence-electron chi connectivity index (χ2n) is 3.48. The summed E-state index contributed by atoms with van der Waals surface area (Å²) in [6, 6.07) is 6.78. The molecule has 0 aliphatic carbocycles. The Hall–Kier alpha value is -1.86. The first kappa shape index (κ1) is 13.6. The molecule has 8 heteroatoms. The quantitative estimate of drug-likeness (QED) is 0.836. The maximum Gasteiger partial charge on any atom is 0.270 e. The summed E-state index contributed by atoms with van der Waals surface area (Å²) in [4.78, 5) is 25.1. The van der Waals surface area contributed by atoms with Crippen LogP contribution in [0.15, 0.2) is 40.4 Å². The van der Waals surface area contributed by atoms with Crippen molar-refractivity contribution < 1.29 is 4.79 Å². The molecule has 0 atom stereocenters. The number of benzene rings is 1. The maximum atomic E-state index is 11.7. The number of thioether (sulfide) groups is 1. The van der Waals surface area contributed by atoms with Gasteiger partial charge in [0.25, 0.3) is 5.56 Å². The number of anilines is 1. The minimum atomic E-state index is -0.351. The first-order valence-corrected chi connectivity index (χ1v) is 6.60. The van der Waals surface area contributed by atoms with E-state index < -0.39 is 0 Å². The van der Waals surface area contributed by atoms with Gasteiger partial charge in [0, 0.05) is 10.7 Å². The van der Waals surface area contributed by atoms with E-state index in [0.717, 1.165) is 18.0 Å². The van der Waals surface area contributed by atoms with E-state index in [9.17, 15) is 9.59 Å². The molecule has 6 nitrogen and oxygen atoms in total. The van der Waals surface area contributed by atoms with Gasteiger partial charge in [0.1, 0.15) is 6.20 Å². The van der Waals surface area contributed by atoms with Crippen LogP contribution in [0.2, 0.25) is 5.02 Å². The van der Waals surface area contributed by atoms with Crippen LogP contribution in [0.5, 0.6) is 0 Å². The summed E-state index contributed by atoms with van der Waals surface area (Å²) < 4.78 is 0. The molecule has 2 aromatic rings. The first-order valence-electron chi connectivity index (χ1n) is 5.24. The largest absolute Gasteiger partial charge is 0.325 e. The molecule has 1 aromatic carbocycles. The fourth-order valence-corrected chi connectivity index (χ4v) is 1.97. The van der Waals surface area contributed by atoms with E-state index in [2.05, 4.69) is 20.5 Å². The van der Waals surface area contributed by atoms with E-state index in [0.29, 0.717) is 15.9 Å². The minimum absolute atomic E-state index is 0.122. The lowest BCUT2D eigenvalue weighted by Crippen LogP contribution is -2.15. The van der Waals surface area contributed by atoms with Gasteiger partial charge in [-0.05, 0) is 24.3 Å². The average molecular weight is 297 g/mol. The lowest BCUT2D eigenvalue weighted by atomic mass is 10.3. The number of H-pyrrole nitrogens is 1.